The topological polar surface area (TPSA) is 16.1 Å². The molecule has 2 rings (SSSR count). The zero-order valence-corrected chi connectivity index (χ0v) is 10.8. The fraction of sp³-hybridized carbons (Fsp3) is 0.545. The third-order valence-corrected chi connectivity index (χ3v) is 3.55. The second-order valence-electron chi connectivity index (χ2n) is 3.79. The van der Waals surface area contributed by atoms with Crippen molar-refractivity contribution in [3.8, 4) is 0 Å². The maximum atomic E-state index is 6.16. The van der Waals surface area contributed by atoms with Gasteiger partial charge in [-0.3, -0.25) is 4.98 Å². The van der Waals surface area contributed by atoms with Crippen molar-refractivity contribution in [3.05, 3.63) is 23.5 Å². The minimum atomic E-state index is 0.669. The fourth-order valence-corrected chi connectivity index (χ4v) is 2.50. The van der Waals surface area contributed by atoms with Crippen molar-refractivity contribution in [1.29, 1.82) is 0 Å². The molecule has 1 aliphatic carbocycles. The van der Waals surface area contributed by atoms with Crippen LogP contribution < -0.4 is 4.90 Å². The van der Waals surface area contributed by atoms with Gasteiger partial charge in [-0.1, -0.05) is 27.5 Å². The Morgan fingerprint density at radius 1 is 1.53 bits per heavy atom. The molecular weight excluding hydrogens is 275 g/mol. The number of hydrogen-bond donors (Lipinski definition) is 0. The van der Waals surface area contributed by atoms with E-state index in [1.807, 2.05) is 6.07 Å². The SMILES string of the molecule is Clc1cnccc1N(CCBr)C1CCC1. The molecule has 1 fully saturated rings. The van der Waals surface area contributed by atoms with E-state index in [2.05, 4.69) is 25.8 Å². The van der Waals surface area contributed by atoms with Gasteiger partial charge in [-0.25, -0.2) is 0 Å². The summed E-state index contributed by atoms with van der Waals surface area (Å²) >= 11 is 9.65. The van der Waals surface area contributed by atoms with Gasteiger partial charge in [0, 0.05) is 30.3 Å². The van der Waals surface area contributed by atoms with Crippen molar-refractivity contribution in [2.45, 2.75) is 25.3 Å². The molecule has 0 aromatic carbocycles. The summed E-state index contributed by atoms with van der Waals surface area (Å²) in [5.74, 6) is 0. The van der Waals surface area contributed by atoms with Crippen LogP contribution in [0.15, 0.2) is 18.5 Å². The van der Waals surface area contributed by atoms with Crippen LogP contribution in [0.3, 0.4) is 0 Å². The summed E-state index contributed by atoms with van der Waals surface area (Å²) in [5, 5.41) is 1.73. The predicted octanol–water partition coefficient (Wildman–Crippen LogP) is 3.49. The number of pyridine rings is 1. The van der Waals surface area contributed by atoms with Crippen molar-refractivity contribution in [2.24, 2.45) is 0 Å². The molecule has 2 nitrogen and oxygen atoms in total. The van der Waals surface area contributed by atoms with Gasteiger partial charge in [0.1, 0.15) is 0 Å². The average molecular weight is 290 g/mol. The number of rotatable bonds is 4. The first kappa shape index (κ1) is 11.2. The Morgan fingerprint density at radius 3 is 2.87 bits per heavy atom. The van der Waals surface area contributed by atoms with E-state index in [0.29, 0.717) is 6.04 Å². The van der Waals surface area contributed by atoms with Crippen LogP contribution in [-0.2, 0) is 0 Å². The molecule has 0 N–H and O–H groups in total. The van der Waals surface area contributed by atoms with E-state index in [4.69, 9.17) is 11.6 Å². The molecule has 1 aromatic heterocycles. The van der Waals surface area contributed by atoms with Crippen molar-refractivity contribution in [3.63, 3.8) is 0 Å². The largest absolute Gasteiger partial charge is 0.366 e. The molecule has 0 spiro atoms. The normalized spacial score (nSPS) is 16.1. The molecule has 0 aliphatic heterocycles. The highest BCUT2D eigenvalue weighted by atomic mass is 79.9. The van der Waals surface area contributed by atoms with Gasteiger partial charge in [0.25, 0.3) is 0 Å². The fourth-order valence-electron chi connectivity index (χ4n) is 1.89. The number of anilines is 1. The Morgan fingerprint density at radius 2 is 2.33 bits per heavy atom. The molecule has 0 amide bonds. The Balaban J connectivity index is 2.19. The quantitative estimate of drug-likeness (QED) is 0.789. The standard InChI is InChI=1S/C11H14BrClN2/c12-5-7-15(9-2-1-3-9)11-4-6-14-8-10(11)13/h4,6,8-9H,1-3,5,7H2. The Labute approximate surface area is 104 Å². The van der Waals surface area contributed by atoms with Crippen LogP contribution in [0, 0.1) is 0 Å². The van der Waals surface area contributed by atoms with Gasteiger partial charge in [0.2, 0.25) is 0 Å². The third-order valence-electron chi connectivity index (χ3n) is 2.90. The molecule has 82 valence electrons. The van der Waals surface area contributed by atoms with Crippen LogP contribution >= 0.6 is 27.5 Å². The van der Waals surface area contributed by atoms with E-state index in [0.717, 1.165) is 22.6 Å². The van der Waals surface area contributed by atoms with E-state index >= 15 is 0 Å². The summed E-state index contributed by atoms with van der Waals surface area (Å²) in [6.45, 7) is 1.01. The van der Waals surface area contributed by atoms with Gasteiger partial charge >= 0.3 is 0 Å². The zero-order valence-electron chi connectivity index (χ0n) is 8.50. The van der Waals surface area contributed by atoms with Crippen LogP contribution in [0.4, 0.5) is 5.69 Å². The van der Waals surface area contributed by atoms with Gasteiger partial charge in [-0.15, -0.1) is 0 Å². The van der Waals surface area contributed by atoms with Gasteiger partial charge in [-0.2, -0.15) is 0 Å². The molecule has 1 aliphatic rings. The Bertz CT molecular complexity index is 328. The number of nitrogens with zero attached hydrogens (tertiary/aromatic N) is 2. The summed E-state index contributed by atoms with van der Waals surface area (Å²) < 4.78 is 0. The van der Waals surface area contributed by atoms with Crippen LogP contribution in [0.1, 0.15) is 19.3 Å². The summed E-state index contributed by atoms with van der Waals surface area (Å²) in [5.41, 5.74) is 1.12. The molecule has 1 aromatic rings. The lowest BCUT2D eigenvalue weighted by Gasteiger charge is -2.39. The first-order valence-corrected chi connectivity index (χ1v) is 6.75. The van der Waals surface area contributed by atoms with E-state index in [1.165, 1.54) is 19.3 Å². The lowest BCUT2D eigenvalue weighted by Crippen LogP contribution is -2.41. The van der Waals surface area contributed by atoms with Crippen molar-refractivity contribution in [1.82, 2.24) is 4.98 Å². The third kappa shape index (κ3) is 2.45. The highest BCUT2D eigenvalue weighted by Crippen LogP contribution is 2.33. The number of alkyl halides is 1. The van der Waals surface area contributed by atoms with Crippen molar-refractivity contribution < 1.29 is 0 Å². The Hall–Kier alpha value is -0.280. The maximum absolute atomic E-state index is 6.16. The molecule has 1 saturated carbocycles. The summed E-state index contributed by atoms with van der Waals surface area (Å²) in [7, 11) is 0. The van der Waals surface area contributed by atoms with Crippen LogP contribution in [0.2, 0.25) is 5.02 Å². The maximum Gasteiger partial charge on any atom is 0.0822 e. The molecule has 0 radical (unpaired) electrons. The molecule has 15 heavy (non-hydrogen) atoms. The smallest absolute Gasteiger partial charge is 0.0822 e. The number of hydrogen-bond acceptors (Lipinski definition) is 2. The number of aromatic nitrogens is 1. The molecular formula is C11H14BrClN2. The lowest BCUT2D eigenvalue weighted by molar-refractivity contribution is 0.391. The predicted molar refractivity (Wildman–Crippen MR) is 68.0 cm³/mol. The van der Waals surface area contributed by atoms with Crippen LogP contribution in [-0.4, -0.2) is 22.9 Å². The first-order valence-electron chi connectivity index (χ1n) is 5.25. The summed E-state index contributed by atoms with van der Waals surface area (Å²) in [6.07, 6.45) is 7.43. The van der Waals surface area contributed by atoms with Gasteiger partial charge in [0.15, 0.2) is 0 Å². The van der Waals surface area contributed by atoms with Crippen LogP contribution in [0.25, 0.3) is 0 Å². The summed E-state index contributed by atoms with van der Waals surface area (Å²) in [6, 6.07) is 2.67. The molecule has 0 bridgehead atoms. The second kappa shape index (κ2) is 5.17. The lowest BCUT2D eigenvalue weighted by atomic mass is 9.91. The average Bonchev–Trinajstić information content (AvgIpc) is 2.15. The van der Waals surface area contributed by atoms with Crippen molar-refractivity contribution in [2.75, 3.05) is 16.8 Å². The minimum Gasteiger partial charge on any atom is -0.366 e. The molecule has 0 saturated heterocycles. The second-order valence-corrected chi connectivity index (χ2v) is 4.99. The number of halogens is 2. The summed E-state index contributed by atoms with van der Waals surface area (Å²) in [4.78, 5) is 6.41. The van der Waals surface area contributed by atoms with E-state index < -0.39 is 0 Å². The Kier molecular flexibility index (Phi) is 3.87. The highest BCUT2D eigenvalue weighted by Gasteiger charge is 2.25. The molecule has 0 atom stereocenters. The van der Waals surface area contributed by atoms with Gasteiger partial charge in [0.05, 0.1) is 10.7 Å². The first-order chi connectivity index (χ1) is 7.33. The molecule has 4 heteroatoms. The van der Waals surface area contributed by atoms with E-state index in [9.17, 15) is 0 Å². The van der Waals surface area contributed by atoms with Crippen LogP contribution in [0.5, 0.6) is 0 Å². The van der Waals surface area contributed by atoms with E-state index in [1.54, 1.807) is 12.4 Å². The zero-order chi connectivity index (χ0) is 10.7. The van der Waals surface area contributed by atoms with Gasteiger partial charge in [-0.05, 0) is 25.3 Å². The molecule has 0 unspecified atom stereocenters. The minimum absolute atomic E-state index is 0.669. The molecule has 1 heterocycles. The monoisotopic (exact) mass is 288 g/mol. The highest BCUT2D eigenvalue weighted by molar-refractivity contribution is 9.09. The van der Waals surface area contributed by atoms with E-state index in [-0.39, 0.29) is 0 Å². The van der Waals surface area contributed by atoms with Gasteiger partial charge < -0.3 is 4.90 Å². The van der Waals surface area contributed by atoms with Crippen molar-refractivity contribution >= 4 is 33.2 Å².